The molecular formula is C14H29NO2S. The normalized spacial score (nSPS) is 27.4. The van der Waals surface area contributed by atoms with Gasteiger partial charge in [0, 0.05) is 12.3 Å². The highest BCUT2D eigenvalue weighted by molar-refractivity contribution is 7.90. The van der Waals surface area contributed by atoms with Crippen molar-refractivity contribution in [2.75, 3.05) is 19.1 Å². The third-order valence-electron chi connectivity index (χ3n) is 4.50. The molecule has 0 aromatic rings. The molecule has 0 bridgehead atoms. The van der Waals surface area contributed by atoms with E-state index in [1.54, 1.807) is 0 Å². The van der Waals surface area contributed by atoms with Crippen LogP contribution in [0.5, 0.6) is 0 Å². The molecule has 3 nitrogen and oxygen atoms in total. The summed E-state index contributed by atoms with van der Waals surface area (Å²) >= 11 is 0. The van der Waals surface area contributed by atoms with Gasteiger partial charge >= 0.3 is 0 Å². The summed E-state index contributed by atoms with van der Waals surface area (Å²) in [4.78, 5) is 0. The van der Waals surface area contributed by atoms with Gasteiger partial charge in [0.1, 0.15) is 9.84 Å². The predicted molar refractivity (Wildman–Crippen MR) is 77.5 cm³/mol. The molecule has 1 unspecified atom stereocenters. The van der Waals surface area contributed by atoms with Gasteiger partial charge in [-0.25, -0.2) is 8.42 Å². The van der Waals surface area contributed by atoms with E-state index in [0.717, 1.165) is 18.3 Å². The van der Waals surface area contributed by atoms with E-state index in [2.05, 4.69) is 19.2 Å². The molecule has 0 radical (unpaired) electrons. The SMILES string of the molecule is CNC(CCS(C)(=O)=O)C1CCC(C(C)C)CC1. The van der Waals surface area contributed by atoms with Gasteiger partial charge in [-0.1, -0.05) is 13.8 Å². The minimum Gasteiger partial charge on any atom is -0.317 e. The standard InChI is InChI=1S/C14H29NO2S/c1-11(2)12-5-7-13(8-6-12)14(15-3)9-10-18(4,16)17/h11-15H,5-10H2,1-4H3. The zero-order chi connectivity index (χ0) is 13.8. The first-order chi connectivity index (χ1) is 8.33. The molecule has 0 saturated heterocycles. The second kappa shape index (κ2) is 6.90. The molecule has 1 fully saturated rings. The minimum atomic E-state index is -2.83. The molecule has 18 heavy (non-hydrogen) atoms. The second-order valence-electron chi connectivity index (χ2n) is 6.23. The highest BCUT2D eigenvalue weighted by atomic mass is 32.2. The Morgan fingerprint density at radius 2 is 1.61 bits per heavy atom. The summed E-state index contributed by atoms with van der Waals surface area (Å²) in [5, 5.41) is 3.32. The molecule has 0 amide bonds. The molecule has 4 heteroatoms. The van der Waals surface area contributed by atoms with Crippen LogP contribution in [0.25, 0.3) is 0 Å². The first kappa shape index (κ1) is 16.0. The Morgan fingerprint density at radius 3 is 2.00 bits per heavy atom. The quantitative estimate of drug-likeness (QED) is 0.810. The van der Waals surface area contributed by atoms with E-state index in [9.17, 15) is 8.42 Å². The second-order valence-corrected chi connectivity index (χ2v) is 8.49. The van der Waals surface area contributed by atoms with E-state index in [1.165, 1.54) is 31.9 Å². The summed E-state index contributed by atoms with van der Waals surface area (Å²) in [5.74, 6) is 2.62. The largest absolute Gasteiger partial charge is 0.317 e. The van der Waals surface area contributed by atoms with Gasteiger partial charge in [0.25, 0.3) is 0 Å². The lowest BCUT2D eigenvalue weighted by molar-refractivity contribution is 0.190. The van der Waals surface area contributed by atoms with Crippen LogP contribution in [-0.2, 0) is 9.84 Å². The fourth-order valence-electron chi connectivity index (χ4n) is 3.17. The molecule has 1 atom stereocenters. The topological polar surface area (TPSA) is 46.2 Å². The van der Waals surface area contributed by atoms with Crippen LogP contribution in [0.3, 0.4) is 0 Å². The van der Waals surface area contributed by atoms with E-state index in [4.69, 9.17) is 0 Å². The molecule has 0 spiro atoms. The maximum atomic E-state index is 11.2. The van der Waals surface area contributed by atoms with Crippen LogP contribution in [0.2, 0.25) is 0 Å². The molecule has 0 aliphatic heterocycles. The molecule has 0 heterocycles. The lowest BCUT2D eigenvalue weighted by atomic mass is 9.74. The molecule has 1 aliphatic carbocycles. The Kier molecular flexibility index (Phi) is 6.12. The molecule has 0 aromatic heterocycles. The molecule has 1 rings (SSSR count). The maximum absolute atomic E-state index is 11.2. The minimum absolute atomic E-state index is 0.308. The van der Waals surface area contributed by atoms with Crippen molar-refractivity contribution in [3.8, 4) is 0 Å². The van der Waals surface area contributed by atoms with Crippen molar-refractivity contribution in [1.29, 1.82) is 0 Å². The smallest absolute Gasteiger partial charge is 0.147 e. The Hall–Kier alpha value is -0.0900. The van der Waals surface area contributed by atoms with Crippen molar-refractivity contribution < 1.29 is 8.42 Å². The van der Waals surface area contributed by atoms with Crippen LogP contribution in [0, 0.1) is 17.8 Å². The fourth-order valence-corrected chi connectivity index (χ4v) is 3.85. The summed E-state index contributed by atoms with van der Waals surface area (Å²) in [5.41, 5.74) is 0. The number of nitrogens with one attached hydrogen (secondary N) is 1. The summed E-state index contributed by atoms with van der Waals surface area (Å²) in [6.07, 6.45) is 7.19. The first-order valence-corrected chi connectivity index (χ1v) is 9.24. The highest BCUT2D eigenvalue weighted by Gasteiger charge is 2.28. The van der Waals surface area contributed by atoms with Crippen LogP contribution < -0.4 is 5.32 Å². The molecule has 1 N–H and O–H groups in total. The number of rotatable bonds is 6. The molecule has 0 aromatic carbocycles. The van der Waals surface area contributed by atoms with Crippen molar-refractivity contribution in [2.24, 2.45) is 17.8 Å². The van der Waals surface area contributed by atoms with Crippen molar-refractivity contribution in [2.45, 2.75) is 52.0 Å². The summed E-state index contributed by atoms with van der Waals surface area (Å²) in [7, 11) is -0.872. The van der Waals surface area contributed by atoms with Gasteiger partial charge in [-0.2, -0.15) is 0 Å². The summed E-state index contributed by atoms with van der Waals surface area (Å²) < 4.78 is 22.5. The monoisotopic (exact) mass is 275 g/mol. The zero-order valence-electron chi connectivity index (χ0n) is 12.3. The van der Waals surface area contributed by atoms with E-state index in [-0.39, 0.29) is 0 Å². The van der Waals surface area contributed by atoms with Crippen LogP contribution in [0.4, 0.5) is 0 Å². The third-order valence-corrected chi connectivity index (χ3v) is 5.48. The van der Waals surface area contributed by atoms with Crippen LogP contribution >= 0.6 is 0 Å². The predicted octanol–water partition coefficient (Wildman–Crippen LogP) is 2.47. The molecule has 1 saturated carbocycles. The Balaban J connectivity index is 2.43. The zero-order valence-corrected chi connectivity index (χ0v) is 13.1. The van der Waals surface area contributed by atoms with Crippen LogP contribution in [0.15, 0.2) is 0 Å². The van der Waals surface area contributed by atoms with Gasteiger partial charge in [0.15, 0.2) is 0 Å². The van der Waals surface area contributed by atoms with Crippen molar-refractivity contribution in [3.63, 3.8) is 0 Å². The molecule has 1 aliphatic rings. The van der Waals surface area contributed by atoms with Crippen LogP contribution in [0.1, 0.15) is 46.0 Å². The average molecular weight is 275 g/mol. The summed E-state index contributed by atoms with van der Waals surface area (Å²) in [6, 6.07) is 0.368. The Labute approximate surface area is 113 Å². The Morgan fingerprint density at radius 1 is 1.11 bits per heavy atom. The Bertz CT molecular complexity index is 330. The van der Waals surface area contributed by atoms with E-state index >= 15 is 0 Å². The van der Waals surface area contributed by atoms with E-state index in [1.807, 2.05) is 7.05 Å². The lowest BCUT2D eigenvalue weighted by Gasteiger charge is -2.35. The van der Waals surface area contributed by atoms with E-state index in [0.29, 0.717) is 17.7 Å². The number of hydrogen-bond donors (Lipinski definition) is 1. The third kappa shape index (κ3) is 5.27. The fraction of sp³-hybridized carbons (Fsp3) is 1.00. The highest BCUT2D eigenvalue weighted by Crippen LogP contribution is 2.35. The van der Waals surface area contributed by atoms with Gasteiger partial charge in [0.2, 0.25) is 0 Å². The summed E-state index contributed by atoms with van der Waals surface area (Å²) in [6.45, 7) is 4.62. The number of hydrogen-bond acceptors (Lipinski definition) is 3. The van der Waals surface area contributed by atoms with Crippen molar-refractivity contribution in [3.05, 3.63) is 0 Å². The van der Waals surface area contributed by atoms with E-state index < -0.39 is 9.84 Å². The molecular weight excluding hydrogens is 246 g/mol. The molecule has 108 valence electrons. The van der Waals surface area contributed by atoms with Crippen molar-refractivity contribution >= 4 is 9.84 Å². The maximum Gasteiger partial charge on any atom is 0.147 e. The average Bonchev–Trinajstić information content (AvgIpc) is 2.29. The van der Waals surface area contributed by atoms with Gasteiger partial charge in [-0.15, -0.1) is 0 Å². The number of sulfone groups is 1. The van der Waals surface area contributed by atoms with Gasteiger partial charge in [-0.3, -0.25) is 0 Å². The van der Waals surface area contributed by atoms with Gasteiger partial charge in [-0.05, 0) is 56.9 Å². The van der Waals surface area contributed by atoms with Crippen molar-refractivity contribution in [1.82, 2.24) is 5.32 Å². The van der Waals surface area contributed by atoms with Crippen LogP contribution in [-0.4, -0.2) is 33.5 Å². The van der Waals surface area contributed by atoms with Gasteiger partial charge < -0.3 is 5.32 Å². The lowest BCUT2D eigenvalue weighted by Crippen LogP contribution is -2.37. The first-order valence-electron chi connectivity index (χ1n) is 7.18. The van der Waals surface area contributed by atoms with Gasteiger partial charge in [0.05, 0.1) is 5.75 Å².